The number of alkyl halides is 3. The predicted molar refractivity (Wildman–Crippen MR) is 132 cm³/mol. The Balaban J connectivity index is 1.53. The summed E-state index contributed by atoms with van der Waals surface area (Å²) in [6.45, 7) is 6.82. The van der Waals surface area contributed by atoms with Gasteiger partial charge in [0.1, 0.15) is 18.2 Å². The first kappa shape index (κ1) is 26.6. The lowest BCUT2D eigenvalue weighted by Gasteiger charge is -2.46. The first-order valence-electron chi connectivity index (χ1n) is 12.8. The molecule has 2 aliphatic rings. The van der Waals surface area contributed by atoms with Gasteiger partial charge in [0, 0.05) is 36.0 Å². The lowest BCUT2D eigenvalue weighted by Crippen LogP contribution is -2.53. The molecule has 2 aromatic rings. The predicted octanol–water partition coefficient (Wildman–Crippen LogP) is 4.31. The van der Waals surface area contributed by atoms with Crippen molar-refractivity contribution in [2.75, 3.05) is 18.9 Å². The summed E-state index contributed by atoms with van der Waals surface area (Å²) in [5.74, 6) is 0.105. The molecule has 2 N–H and O–H groups in total. The van der Waals surface area contributed by atoms with Gasteiger partial charge in [-0.1, -0.05) is 6.92 Å². The van der Waals surface area contributed by atoms with E-state index in [1.165, 1.54) is 12.4 Å². The first-order valence-corrected chi connectivity index (χ1v) is 12.8. The molecule has 1 aliphatic heterocycles. The summed E-state index contributed by atoms with van der Waals surface area (Å²) < 4.78 is 39.8. The maximum Gasteiger partial charge on any atom is 0.416 e. The van der Waals surface area contributed by atoms with E-state index in [9.17, 15) is 23.1 Å². The van der Waals surface area contributed by atoms with Crippen molar-refractivity contribution >= 4 is 22.6 Å². The average Bonchev–Trinajstić information content (AvgIpc) is 3.21. The van der Waals surface area contributed by atoms with Crippen molar-refractivity contribution in [2.45, 2.75) is 89.3 Å². The van der Waals surface area contributed by atoms with Crippen LogP contribution in [0.4, 0.5) is 19.0 Å². The van der Waals surface area contributed by atoms with Crippen molar-refractivity contribution in [1.29, 1.82) is 0 Å². The second kappa shape index (κ2) is 10.5. The molecule has 36 heavy (non-hydrogen) atoms. The molecule has 4 rings (SSSR count). The van der Waals surface area contributed by atoms with Crippen LogP contribution < -0.4 is 5.32 Å². The lowest BCUT2D eigenvalue weighted by molar-refractivity contribution is -0.137. The Hall–Kier alpha value is -2.46. The number of amides is 1. The Morgan fingerprint density at radius 3 is 2.64 bits per heavy atom. The van der Waals surface area contributed by atoms with Crippen LogP contribution in [-0.2, 0) is 11.0 Å². The van der Waals surface area contributed by atoms with Crippen molar-refractivity contribution < 1.29 is 23.1 Å². The smallest absolute Gasteiger partial charge is 0.393 e. The molecule has 0 bridgehead atoms. The molecule has 2 heterocycles. The minimum absolute atomic E-state index is 0.0214. The molecule has 1 aromatic heterocycles. The van der Waals surface area contributed by atoms with E-state index in [1.807, 2.05) is 11.8 Å². The van der Waals surface area contributed by atoms with Gasteiger partial charge in [-0.05, 0) is 71.2 Å². The van der Waals surface area contributed by atoms with Crippen LogP contribution in [-0.4, -0.2) is 74.6 Å². The van der Waals surface area contributed by atoms with Gasteiger partial charge in [0.25, 0.3) is 0 Å². The zero-order valence-corrected chi connectivity index (χ0v) is 21.3. The monoisotopic (exact) mass is 507 g/mol. The van der Waals surface area contributed by atoms with Crippen LogP contribution in [0, 0.1) is 5.92 Å². The Morgan fingerprint density at radius 1 is 1.22 bits per heavy atom. The molecule has 1 aliphatic carbocycles. The minimum Gasteiger partial charge on any atom is -0.393 e. The Morgan fingerprint density at radius 2 is 1.97 bits per heavy atom. The van der Waals surface area contributed by atoms with Gasteiger partial charge >= 0.3 is 6.18 Å². The first-order chi connectivity index (χ1) is 17.0. The molecule has 10 heteroatoms. The normalized spacial score (nSPS) is 26.3. The molecule has 2 fully saturated rings. The molecule has 0 spiro atoms. The van der Waals surface area contributed by atoms with Crippen molar-refractivity contribution in [3.05, 3.63) is 30.1 Å². The van der Waals surface area contributed by atoms with E-state index in [1.54, 1.807) is 0 Å². The molecule has 5 atom stereocenters. The van der Waals surface area contributed by atoms with Crippen LogP contribution in [0.5, 0.6) is 0 Å². The number of hydrogen-bond donors (Lipinski definition) is 2. The maximum absolute atomic E-state index is 13.5. The molecular weight excluding hydrogens is 471 g/mol. The molecule has 1 saturated carbocycles. The van der Waals surface area contributed by atoms with Crippen LogP contribution in [0.25, 0.3) is 10.9 Å². The molecule has 1 unspecified atom stereocenters. The van der Waals surface area contributed by atoms with Crippen LogP contribution in [0.15, 0.2) is 24.5 Å². The number of anilines is 1. The number of nitrogens with zero attached hydrogens (tertiary/aromatic N) is 4. The molecule has 1 aromatic carbocycles. The standard InChI is InChI=1S/C26H36F3N5O2/c1-5-23(35)19-13-17(33(4)15(2)3)7-9-22(19)34-11-10-21(25(34)36)32-24-18-12-16(26(27,28)29)6-8-20(18)30-14-31-24/h6,8,12,14-15,17,19,21-23,35H,5,7,9-11,13H2,1-4H3,(H,30,31,32)/t17-,19-,21+,22+,23?/m1/s1. The summed E-state index contributed by atoms with van der Waals surface area (Å²) in [4.78, 5) is 26.0. The van der Waals surface area contributed by atoms with Crippen LogP contribution in [0.1, 0.15) is 58.4 Å². The highest BCUT2D eigenvalue weighted by Crippen LogP contribution is 2.37. The maximum atomic E-state index is 13.5. The van der Waals surface area contributed by atoms with Crippen LogP contribution >= 0.6 is 0 Å². The third-order valence-electron chi connectivity index (χ3n) is 8.05. The van der Waals surface area contributed by atoms with E-state index in [0.717, 1.165) is 31.4 Å². The Labute approximate surface area is 210 Å². The van der Waals surface area contributed by atoms with Crippen molar-refractivity contribution in [1.82, 2.24) is 19.8 Å². The van der Waals surface area contributed by atoms with E-state index in [0.29, 0.717) is 37.0 Å². The molecule has 7 nitrogen and oxygen atoms in total. The number of nitrogens with one attached hydrogen (secondary N) is 1. The van der Waals surface area contributed by atoms with Gasteiger partial charge in [0.05, 0.1) is 17.2 Å². The van der Waals surface area contributed by atoms with Gasteiger partial charge in [0.15, 0.2) is 0 Å². The molecule has 198 valence electrons. The summed E-state index contributed by atoms with van der Waals surface area (Å²) >= 11 is 0. The van der Waals surface area contributed by atoms with E-state index >= 15 is 0 Å². The molecular formula is C26H36F3N5O2. The summed E-state index contributed by atoms with van der Waals surface area (Å²) in [7, 11) is 2.11. The number of carbonyl (C=O) groups excluding carboxylic acids is 1. The molecule has 1 saturated heterocycles. The summed E-state index contributed by atoms with van der Waals surface area (Å²) in [5, 5.41) is 14.2. The van der Waals surface area contributed by atoms with E-state index in [2.05, 4.69) is 41.1 Å². The molecule has 0 radical (unpaired) electrons. The topological polar surface area (TPSA) is 81.6 Å². The van der Waals surface area contributed by atoms with Gasteiger partial charge in [-0.15, -0.1) is 0 Å². The number of rotatable bonds is 7. The van der Waals surface area contributed by atoms with Gasteiger partial charge in [-0.3, -0.25) is 4.79 Å². The van der Waals surface area contributed by atoms with Crippen molar-refractivity contribution in [3.63, 3.8) is 0 Å². The van der Waals surface area contributed by atoms with Crippen LogP contribution in [0.2, 0.25) is 0 Å². The SMILES string of the molecule is CCC(O)[C@@H]1C[C@H](N(C)C(C)C)CC[C@@H]1N1CC[C@H](Nc2ncnc3ccc(C(F)(F)F)cc23)C1=O. The number of likely N-dealkylation sites (tertiary alicyclic amines) is 1. The van der Waals surface area contributed by atoms with Crippen molar-refractivity contribution in [2.24, 2.45) is 5.92 Å². The number of halogens is 3. The largest absolute Gasteiger partial charge is 0.416 e. The second-order valence-electron chi connectivity index (χ2n) is 10.4. The third kappa shape index (κ3) is 5.29. The zero-order chi connectivity index (χ0) is 26.2. The summed E-state index contributed by atoms with van der Waals surface area (Å²) in [6.07, 6.45) is 0.0331. The number of hydrogen-bond acceptors (Lipinski definition) is 6. The number of benzene rings is 1. The number of aliphatic hydroxyl groups excluding tert-OH is 1. The lowest BCUT2D eigenvalue weighted by atomic mass is 9.76. The Kier molecular flexibility index (Phi) is 7.75. The fraction of sp³-hybridized carbons (Fsp3) is 0.654. The summed E-state index contributed by atoms with van der Waals surface area (Å²) in [5.41, 5.74) is -0.409. The molecule has 1 amide bonds. The fourth-order valence-electron chi connectivity index (χ4n) is 5.74. The van der Waals surface area contributed by atoms with Gasteiger partial charge in [-0.2, -0.15) is 13.2 Å². The fourth-order valence-corrected chi connectivity index (χ4v) is 5.74. The van der Waals surface area contributed by atoms with E-state index in [4.69, 9.17) is 0 Å². The van der Waals surface area contributed by atoms with Crippen molar-refractivity contribution in [3.8, 4) is 0 Å². The highest BCUT2D eigenvalue weighted by Gasteiger charge is 2.44. The highest BCUT2D eigenvalue weighted by atomic mass is 19.4. The number of fused-ring (bicyclic) bond motifs is 1. The third-order valence-corrected chi connectivity index (χ3v) is 8.05. The quantitative estimate of drug-likeness (QED) is 0.581. The minimum atomic E-state index is -4.49. The zero-order valence-electron chi connectivity index (χ0n) is 21.3. The number of aromatic nitrogens is 2. The van der Waals surface area contributed by atoms with E-state index < -0.39 is 23.9 Å². The van der Waals surface area contributed by atoms with E-state index in [-0.39, 0.29) is 29.1 Å². The average molecular weight is 508 g/mol. The Bertz CT molecular complexity index is 1080. The van der Waals surface area contributed by atoms with Crippen LogP contribution in [0.3, 0.4) is 0 Å². The summed E-state index contributed by atoms with van der Waals surface area (Å²) in [6, 6.07) is 3.44. The van der Waals surface area contributed by atoms with Gasteiger partial charge in [0.2, 0.25) is 5.91 Å². The number of carbonyl (C=O) groups is 1. The number of aliphatic hydroxyl groups is 1. The highest BCUT2D eigenvalue weighted by molar-refractivity contribution is 5.93. The van der Waals surface area contributed by atoms with Gasteiger partial charge < -0.3 is 20.2 Å². The van der Waals surface area contributed by atoms with Gasteiger partial charge in [-0.25, -0.2) is 9.97 Å². The second-order valence-corrected chi connectivity index (χ2v) is 10.4.